The minimum absolute atomic E-state index is 0.575. The molecule has 0 heterocycles. The Hall–Kier alpha value is -0.920. The molecule has 0 bridgehead atoms. The molecule has 0 aliphatic heterocycles. The van der Waals surface area contributed by atoms with Crippen LogP contribution in [0.15, 0.2) is 27.5 Å². The van der Waals surface area contributed by atoms with Crippen LogP contribution in [0.1, 0.15) is 34.6 Å². The van der Waals surface area contributed by atoms with Crippen molar-refractivity contribution in [2.45, 2.75) is 40.2 Å². The van der Waals surface area contributed by atoms with Gasteiger partial charge in [-0.2, -0.15) is 0 Å². The molecule has 66 valence electrons. The van der Waals surface area contributed by atoms with Crippen molar-refractivity contribution in [1.29, 1.82) is 0 Å². The van der Waals surface area contributed by atoms with E-state index in [-0.39, 0.29) is 0 Å². The summed E-state index contributed by atoms with van der Waals surface area (Å²) in [5.41, 5.74) is 4.04. The molecular formula is C10H15NO. The van der Waals surface area contributed by atoms with Gasteiger partial charge < -0.3 is 0 Å². The summed E-state index contributed by atoms with van der Waals surface area (Å²) in [6.07, 6.45) is 0. The highest BCUT2D eigenvalue weighted by molar-refractivity contribution is 5.53. The average Bonchev–Trinajstić information content (AvgIpc) is 2.22. The van der Waals surface area contributed by atoms with E-state index in [9.17, 15) is 4.91 Å². The molecule has 1 rings (SSSR count). The number of rotatable bonds is 1. The predicted molar refractivity (Wildman–Crippen MR) is 50.9 cm³/mol. The van der Waals surface area contributed by atoms with E-state index in [0.29, 0.717) is 0 Å². The van der Waals surface area contributed by atoms with E-state index in [1.807, 2.05) is 34.6 Å². The molecule has 2 nitrogen and oxygen atoms in total. The molecule has 1 aliphatic carbocycles. The minimum atomic E-state index is -0.575. The number of hydrogen-bond donors (Lipinski definition) is 0. The van der Waals surface area contributed by atoms with Crippen LogP contribution in [0, 0.1) is 4.91 Å². The third-order valence-corrected chi connectivity index (χ3v) is 3.33. The van der Waals surface area contributed by atoms with E-state index >= 15 is 0 Å². The van der Waals surface area contributed by atoms with Crippen LogP contribution in [0.5, 0.6) is 0 Å². The van der Waals surface area contributed by atoms with Gasteiger partial charge in [-0.1, -0.05) is 5.18 Å². The maximum Gasteiger partial charge on any atom is 0.142 e. The van der Waals surface area contributed by atoms with Crippen molar-refractivity contribution in [2.75, 3.05) is 0 Å². The van der Waals surface area contributed by atoms with Crippen molar-refractivity contribution in [2.24, 2.45) is 5.18 Å². The third kappa shape index (κ3) is 0.872. The second kappa shape index (κ2) is 2.54. The Balaban J connectivity index is 3.35. The molecule has 0 amide bonds. The molecule has 1 aliphatic rings. The molecule has 0 fully saturated rings. The van der Waals surface area contributed by atoms with Gasteiger partial charge in [0.25, 0.3) is 0 Å². The van der Waals surface area contributed by atoms with E-state index in [1.165, 1.54) is 11.1 Å². The van der Waals surface area contributed by atoms with Gasteiger partial charge in [-0.15, -0.1) is 4.91 Å². The smallest absolute Gasteiger partial charge is 0.142 e. The highest BCUT2D eigenvalue weighted by Gasteiger charge is 2.37. The van der Waals surface area contributed by atoms with Gasteiger partial charge >= 0.3 is 0 Å². The second-order valence-corrected chi connectivity index (χ2v) is 3.66. The fraction of sp³-hybridized carbons (Fsp3) is 0.600. The Kier molecular flexibility index (Phi) is 1.94. The van der Waals surface area contributed by atoms with Gasteiger partial charge in [0.15, 0.2) is 0 Å². The molecule has 0 aromatic rings. The second-order valence-electron chi connectivity index (χ2n) is 3.66. The zero-order valence-corrected chi connectivity index (χ0v) is 8.36. The van der Waals surface area contributed by atoms with Crippen LogP contribution in [0.4, 0.5) is 0 Å². The first kappa shape index (κ1) is 9.17. The summed E-state index contributed by atoms with van der Waals surface area (Å²) in [7, 11) is 0. The topological polar surface area (TPSA) is 29.4 Å². The molecule has 0 radical (unpaired) electrons. The lowest BCUT2D eigenvalue weighted by molar-refractivity contribution is 0.648. The Morgan fingerprint density at radius 2 is 1.33 bits per heavy atom. The van der Waals surface area contributed by atoms with Crippen LogP contribution in [0.25, 0.3) is 0 Å². The molecule has 0 atom stereocenters. The Labute approximate surface area is 73.3 Å². The standard InChI is InChI=1S/C10H15NO/c1-6-7(2)9(4)10(5,11-12)8(6)3/h1-5H3. The number of nitrogens with zero attached hydrogens (tertiary/aromatic N) is 1. The normalized spacial score (nSPS) is 22.1. The van der Waals surface area contributed by atoms with Crippen LogP contribution < -0.4 is 0 Å². The van der Waals surface area contributed by atoms with E-state index < -0.39 is 5.54 Å². The molecule has 0 saturated heterocycles. The third-order valence-electron chi connectivity index (χ3n) is 3.33. The van der Waals surface area contributed by atoms with Crippen molar-refractivity contribution in [1.82, 2.24) is 0 Å². The van der Waals surface area contributed by atoms with E-state index in [4.69, 9.17) is 0 Å². The maximum absolute atomic E-state index is 10.7. The molecule has 2 heteroatoms. The zero-order valence-electron chi connectivity index (χ0n) is 8.36. The molecule has 0 N–H and O–H groups in total. The molecule has 0 saturated carbocycles. The Morgan fingerprint density at radius 3 is 1.50 bits per heavy atom. The summed E-state index contributed by atoms with van der Waals surface area (Å²) in [4.78, 5) is 10.7. The first-order valence-corrected chi connectivity index (χ1v) is 4.16. The Bertz CT molecular complexity index is 273. The van der Waals surface area contributed by atoms with Crippen LogP contribution in [0.3, 0.4) is 0 Å². The quantitative estimate of drug-likeness (QED) is 0.548. The maximum atomic E-state index is 10.7. The first-order valence-electron chi connectivity index (χ1n) is 4.16. The van der Waals surface area contributed by atoms with Crippen LogP contribution >= 0.6 is 0 Å². The largest absolute Gasteiger partial charge is 0.150 e. The van der Waals surface area contributed by atoms with Crippen molar-refractivity contribution in [3.8, 4) is 0 Å². The first-order chi connectivity index (χ1) is 5.45. The SMILES string of the molecule is CC1=C(C)C(C)(N=O)C(C)=C1C. The molecule has 0 spiro atoms. The van der Waals surface area contributed by atoms with Gasteiger partial charge in [0.1, 0.15) is 5.54 Å². The molecular weight excluding hydrogens is 150 g/mol. The summed E-state index contributed by atoms with van der Waals surface area (Å²) in [6.45, 7) is 9.94. The van der Waals surface area contributed by atoms with Crippen LogP contribution in [-0.4, -0.2) is 5.54 Å². The fourth-order valence-electron chi connectivity index (χ4n) is 1.71. The van der Waals surface area contributed by atoms with Gasteiger partial charge in [-0.3, -0.25) is 0 Å². The lowest BCUT2D eigenvalue weighted by atomic mass is 9.90. The van der Waals surface area contributed by atoms with E-state index in [0.717, 1.165) is 11.1 Å². The van der Waals surface area contributed by atoms with E-state index in [2.05, 4.69) is 5.18 Å². The lowest BCUT2D eigenvalue weighted by Crippen LogP contribution is -2.21. The van der Waals surface area contributed by atoms with Crippen molar-refractivity contribution < 1.29 is 0 Å². The summed E-state index contributed by atoms with van der Waals surface area (Å²) in [6, 6.07) is 0. The van der Waals surface area contributed by atoms with Crippen LogP contribution in [-0.2, 0) is 0 Å². The molecule has 12 heavy (non-hydrogen) atoms. The summed E-state index contributed by atoms with van der Waals surface area (Å²) >= 11 is 0. The fourth-order valence-corrected chi connectivity index (χ4v) is 1.71. The van der Waals surface area contributed by atoms with Crippen molar-refractivity contribution >= 4 is 0 Å². The predicted octanol–water partition coefficient (Wildman–Crippen LogP) is 3.20. The van der Waals surface area contributed by atoms with Crippen molar-refractivity contribution in [3.05, 3.63) is 27.2 Å². The average molecular weight is 165 g/mol. The van der Waals surface area contributed by atoms with Crippen molar-refractivity contribution in [3.63, 3.8) is 0 Å². The lowest BCUT2D eigenvalue weighted by Gasteiger charge is -2.19. The van der Waals surface area contributed by atoms with Gasteiger partial charge in [-0.25, -0.2) is 0 Å². The number of nitroso groups, excluding NO2 is 1. The molecule has 0 aromatic heterocycles. The molecule has 0 unspecified atom stereocenters. The highest BCUT2D eigenvalue weighted by atomic mass is 16.3. The monoisotopic (exact) mass is 165 g/mol. The highest BCUT2D eigenvalue weighted by Crippen LogP contribution is 2.41. The molecule has 0 aromatic carbocycles. The van der Waals surface area contributed by atoms with Gasteiger partial charge in [0, 0.05) is 0 Å². The summed E-state index contributed by atoms with van der Waals surface area (Å²) < 4.78 is 0. The number of hydrogen-bond acceptors (Lipinski definition) is 2. The zero-order chi connectivity index (χ0) is 9.52. The van der Waals surface area contributed by atoms with Gasteiger partial charge in [0.2, 0.25) is 0 Å². The summed E-state index contributed by atoms with van der Waals surface area (Å²) in [5, 5.41) is 3.22. The van der Waals surface area contributed by atoms with Gasteiger partial charge in [0.05, 0.1) is 0 Å². The van der Waals surface area contributed by atoms with Gasteiger partial charge in [-0.05, 0) is 56.9 Å². The number of allylic oxidation sites excluding steroid dienone is 2. The minimum Gasteiger partial charge on any atom is -0.150 e. The van der Waals surface area contributed by atoms with Crippen LogP contribution in [0.2, 0.25) is 0 Å². The van der Waals surface area contributed by atoms with E-state index in [1.54, 1.807) is 0 Å². The Morgan fingerprint density at radius 1 is 1.00 bits per heavy atom. The summed E-state index contributed by atoms with van der Waals surface area (Å²) in [5.74, 6) is 0.